The van der Waals surface area contributed by atoms with E-state index in [-0.39, 0.29) is 27.4 Å². The average Bonchev–Trinajstić information content (AvgIpc) is 2.61. The fraction of sp³-hybridized carbons (Fsp3) is 0.200. The Kier molecular flexibility index (Phi) is 5.22. The number of hydrogen-bond acceptors (Lipinski definition) is 4. The van der Waals surface area contributed by atoms with E-state index in [2.05, 4.69) is 10.3 Å². The molecule has 1 amide bonds. The van der Waals surface area contributed by atoms with E-state index in [9.17, 15) is 13.2 Å². The van der Waals surface area contributed by atoms with E-state index in [0.717, 1.165) is 22.9 Å². The molecular weight excluding hydrogens is 384 g/mol. The number of hydrogen-bond donors (Lipinski definition) is 1. The van der Waals surface area contributed by atoms with Gasteiger partial charge in [0.2, 0.25) is 0 Å². The number of carbonyl (C=O) groups is 1. The van der Waals surface area contributed by atoms with Crippen molar-refractivity contribution in [2.75, 3.05) is 11.6 Å². The van der Waals surface area contributed by atoms with Crippen molar-refractivity contribution in [2.24, 2.45) is 0 Å². The first kappa shape index (κ1) is 19.3. The molecule has 3 rings (SSSR count). The maximum Gasteiger partial charge on any atom is 0.256 e. The molecule has 0 aliphatic heterocycles. The number of anilines is 1. The number of amides is 1. The highest BCUT2D eigenvalue weighted by molar-refractivity contribution is 7.90. The largest absolute Gasteiger partial charge is 0.321 e. The molecule has 3 aromatic rings. The van der Waals surface area contributed by atoms with Crippen molar-refractivity contribution in [3.8, 4) is 0 Å². The van der Waals surface area contributed by atoms with Crippen LogP contribution in [0.15, 0.2) is 53.4 Å². The molecule has 0 fully saturated rings. The summed E-state index contributed by atoms with van der Waals surface area (Å²) >= 11 is 6.16. The summed E-state index contributed by atoms with van der Waals surface area (Å²) < 4.78 is 23.6. The number of nitrogens with zero attached hydrogens (tertiary/aromatic N) is 1. The highest BCUT2D eigenvalue weighted by Gasteiger charge is 2.17. The molecule has 0 saturated carbocycles. The molecule has 1 N–H and O–H groups in total. The molecule has 0 bridgehead atoms. The van der Waals surface area contributed by atoms with E-state index in [1.807, 2.05) is 38.1 Å². The lowest BCUT2D eigenvalue weighted by Gasteiger charge is -2.13. The van der Waals surface area contributed by atoms with E-state index in [4.69, 9.17) is 11.6 Å². The number of carbonyl (C=O) groups excluding carboxylic acids is 1. The average molecular weight is 403 g/mol. The molecule has 140 valence electrons. The van der Waals surface area contributed by atoms with Crippen molar-refractivity contribution in [1.29, 1.82) is 0 Å². The summed E-state index contributed by atoms with van der Waals surface area (Å²) in [5.74, 6) is -0.221. The standard InChI is InChI=1S/C20H19ClN2O3S/c1-12(2)18-11-15(14-6-4-5-7-17(14)22-18)20(24)23-19-10-13(27(3,25)26)8-9-16(19)21/h4-12H,1-3H3,(H,23,24). The monoisotopic (exact) mass is 402 g/mol. The predicted octanol–water partition coefficient (Wildman–Crippen LogP) is 4.67. The first-order chi connectivity index (χ1) is 12.7. The SMILES string of the molecule is CC(C)c1cc(C(=O)Nc2cc(S(C)(=O)=O)ccc2Cl)c2ccccc2n1. The van der Waals surface area contributed by atoms with Gasteiger partial charge in [-0.25, -0.2) is 8.42 Å². The molecule has 2 aromatic carbocycles. The number of aromatic nitrogens is 1. The summed E-state index contributed by atoms with van der Waals surface area (Å²) in [6.07, 6.45) is 1.10. The van der Waals surface area contributed by atoms with Gasteiger partial charge in [0, 0.05) is 17.3 Å². The van der Waals surface area contributed by atoms with Gasteiger partial charge in [-0.1, -0.05) is 43.6 Å². The van der Waals surface area contributed by atoms with Gasteiger partial charge >= 0.3 is 0 Å². The van der Waals surface area contributed by atoms with Crippen LogP contribution in [0.1, 0.15) is 35.8 Å². The third kappa shape index (κ3) is 4.12. The van der Waals surface area contributed by atoms with E-state index in [0.29, 0.717) is 5.56 Å². The molecule has 27 heavy (non-hydrogen) atoms. The van der Waals surface area contributed by atoms with Gasteiger partial charge in [0.25, 0.3) is 5.91 Å². The van der Waals surface area contributed by atoms with Crippen LogP contribution in [-0.4, -0.2) is 25.6 Å². The van der Waals surface area contributed by atoms with Crippen molar-refractivity contribution in [2.45, 2.75) is 24.7 Å². The Hall–Kier alpha value is -2.44. The highest BCUT2D eigenvalue weighted by atomic mass is 35.5. The molecule has 0 saturated heterocycles. The topological polar surface area (TPSA) is 76.1 Å². The van der Waals surface area contributed by atoms with Crippen LogP contribution in [0.2, 0.25) is 5.02 Å². The number of para-hydroxylation sites is 1. The molecule has 0 aliphatic carbocycles. The van der Waals surface area contributed by atoms with Crippen LogP contribution in [0.4, 0.5) is 5.69 Å². The van der Waals surface area contributed by atoms with Gasteiger partial charge in [0.05, 0.1) is 26.7 Å². The molecule has 5 nitrogen and oxygen atoms in total. The normalized spacial score (nSPS) is 11.7. The Morgan fingerprint density at radius 3 is 2.48 bits per heavy atom. The van der Waals surface area contributed by atoms with Crippen molar-refractivity contribution >= 4 is 43.9 Å². The molecule has 0 spiro atoms. The van der Waals surface area contributed by atoms with Gasteiger partial charge in [0.1, 0.15) is 0 Å². The number of rotatable bonds is 4. The maximum absolute atomic E-state index is 13.0. The third-order valence-corrected chi connectivity index (χ3v) is 5.63. The van der Waals surface area contributed by atoms with Gasteiger partial charge in [-0.05, 0) is 36.2 Å². The summed E-state index contributed by atoms with van der Waals surface area (Å²) in [6.45, 7) is 4.01. The van der Waals surface area contributed by atoms with E-state index >= 15 is 0 Å². The molecule has 7 heteroatoms. The van der Waals surface area contributed by atoms with Crippen molar-refractivity contribution in [1.82, 2.24) is 4.98 Å². The van der Waals surface area contributed by atoms with Gasteiger partial charge in [-0.15, -0.1) is 0 Å². The summed E-state index contributed by atoms with van der Waals surface area (Å²) in [6, 6.07) is 13.4. The fourth-order valence-electron chi connectivity index (χ4n) is 2.70. The van der Waals surface area contributed by atoms with Gasteiger partial charge in [-0.3, -0.25) is 9.78 Å². The number of fused-ring (bicyclic) bond motifs is 1. The second-order valence-corrected chi connectivity index (χ2v) is 9.06. The zero-order valence-electron chi connectivity index (χ0n) is 15.2. The first-order valence-corrected chi connectivity index (χ1v) is 10.6. The Morgan fingerprint density at radius 2 is 1.81 bits per heavy atom. The zero-order valence-corrected chi connectivity index (χ0v) is 16.7. The minimum Gasteiger partial charge on any atom is -0.321 e. The van der Waals surface area contributed by atoms with E-state index in [1.165, 1.54) is 18.2 Å². The highest BCUT2D eigenvalue weighted by Crippen LogP contribution is 2.28. The minimum absolute atomic E-state index is 0.0876. The lowest BCUT2D eigenvalue weighted by molar-refractivity contribution is 0.102. The lowest BCUT2D eigenvalue weighted by atomic mass is 10.0. The van der Waals surface area contributed by atoms with Crippen LogP contribution in [-0.2, 0) is 9.84 Å². The third-order valence-electron chi connectivity index (χ3n) is 4.19. The molecule has 1 heterocycles. The van der Waals surface area contributed by atoms with Crippen molar-refractivity contribution in [3.63, 3.8) is 0 Å². The zero-order chi connectivity index (χ0) is 19.8. The number of benzene rings is 2. The Morgan fingerprint density at radius 1 is 1.11 bits per heavy atom. The summed E-state index contributed by atoms with van der Waals surface area (Å²) in [5.41, 5.74) is 2.24. The molecule has 0 unspecified atom stereocenters. The van der Waals surface area contributed by atoms with Crippen LogP contribution >= 0.6 is 11.6 Å². The number of pyridine rings is 1. The lowest BCUT2D eigenvalue weighted by Crippen LogP contribution is -2.14. The molecule has 0 atom stereocenters. The smallest absolute Gasteiger partial charge is 0.256 e. The Labute approximate surface area is 163 Å². The van der Waals surface area contributed by atoms with Crippen molar-refractivity contribution < 1.29 is 13.2 Å². The maximum atomic E-state index is 13.0. The molecule has 1 aromatic heterocycles. The summed E-state index contributed by atoms with van der Waals surface area (Å²) in [4.78, 5) is 17.7. The Bertz CT molecular complexity index is 1140. The number of sulfone groups is 1. The summed E-state index contributed by atoms with van der Waals surface area (Å²) in [7, 11) is -3.42. The number of halogens is 1. The second-order valence-electron chi connectivity index (χ2n) is 6.63. The molecule has 0 aliphatic rings. The van der Waals surface area contributed by atoms with Gasteiger partial charge < -0.3 is 5.32 Å². The van der Waals surface area contributed by atoms with Crippen LogP contribution in [0, 0.1) is 0 Å². The van der Waals surface area contributed by atoms with E-state index < -0.39 is 9.84 Å². The molecular formula is C20H19ClN2O3S. The Balaban J connectivity index is 2.07. The van der Waals surface area contributed by atoms with Crippen LogP contribution in [0.5, 0.6) is 0 Å². The predicted molar refractivity (Wildman–Crippen MR) is 108 cm³/mol. The van der Waals surface area contributed by atoms with Crippen LogP contribution < -0.4 is 5.32 Å². The van der Waals surface area contributed by atoms with E-state index in [1.54, 1.807) is 6.07 Å². The molecule has 0 radical (unpaired) electrons. The summed E-state index contributed by atoms with van der Waals surface area (Å²) in [5, 5.41) is 3.71. The van der Waals surface area contributed by atoms with Crippen molar-refractivity contribution in [3.05, 3.63) is 64.8 Å². The quantitative estimate of drug-likeness (QED) is 0.688. The fourth-order valence-corrected chi connectivity index (χ4v) is 3.51. The van der Waals surface area contributed by atoms with Gasteiger partial charge in [-0.2, -0.15) is 0 Å². The second kappa shape index (κ2) is 7.29. The minimum atomic E-state index is -3.42. The number of nitrogens with one attached hydrogen (secondary N) is 1. The van der Waals surface area contributed by atoms with Crippen LogP contribution in [0.3, 0.4) is 0 Å². The van der Waals surface area contributed by atoms with Gasteiger partial charge in [0.15, 0.2) is 9.84 Å². The first-order valence-electron chi connectivity index (χ1n) is 8.37. The van der Waals surface area contributed by atoms with Crippen LogP contribution in [0.25, 0.3) is 10.9 Å².